The van der Waals surface area contributed by atoms with Gasteiger partial charge in [-0.3, -0.25) is 0 Å². The average Bonchev–Trinajstić information content (AvgIpc) is 2.54. The summed E-state index contributed by atoms with van der Waals surface area (Å²) < 4.78 is 0. The summed E-state index contributed by atoms with van der Waals surface area (Å²) in [5.41, 5.74) is 2.27. The molecule has 0 saturated carbocycles. The Kier molecular flexibility index (Phi) is 10.7. The van der Waals surface area contributed by atoms with E-state index in [1.54, 1.807) is 0 Å². The molecular formula is C21H37NOS. The van der Waals surface area contributed by atoms with Crippen LogP contribution >= 0.6 is 11.8 Å². The van der Waals surface area contributed by atoms with Crippen LogP contribution in [0.15, 0.2) is 23.1 Å². The molecule has 1 rings (SSSR count). The molecule has 2 nitrogen and oxygen atoms in total. The molecule has 24 heavy (non-hydrogen) atoms. The maximum absolute atomic E-state index is 10.6. The lowest BCUT2D eigenvalue weighted by atomic mass is 10.0. The minimum absolute atomic E-state index is 0.0867. The summed E-state index contributed by atoms with van der Waals surface area (Å²) in [5.74, 6) is 0. The number of aryl methyl sites for hydroxylation is 1. The van der Waals surface area contributed by atoms with Crippen LogP contribution in [-0.2, 0) is 0 Å². The monoisotopic (exact) mass is 351 g/mol. The van der Waals surface area contributed by atoms with E-state index in [9.17, 15) is 5.11 Å². The molecule has 0 fully saturated rings. The van der Waals surface area contributed by atoms with Crippen molar-refractivity contribution in [1.29, 1.82) is 0 Å². The van der Waals surface area contributed by atoms with E-state index in [1.807, 2.05) is 11.8 Å². The molecule has 0 aliphatic heterocycles. The molecule has 0 amide bonds. The summed E-state index contributed by atoms with van der Waals surface area (Å²) in [6.45, 7) is 11.9. The summed E-state index contributed by atoms with van der Waals surface area (Å²) in [7, 11) is 0. The van der Waals surface area contributed by atoms with Gasteiger partial charge in [0.15, 0.2) is 0 Å². The Morgan fingerprint density at radius 1 is 1.04 bits per heavy atom. The van der Waals surface area contributed by atoms with Crippen molar-refractivity contribution < 1.29 is 5.11 Å². The standard InChI is InChI=1S/C21H37NOS/c1-6-7-8-9-10-11-14-22-18(5)21(23)19-12-13-20(17(4)15-19)24-16(2)3/h12-13,15-16,18,21-23H,6-11,14H2,1-5H3. The van der Waals surface area contributed by atoms with Crippen LogP contribution in [-0.4, -0.2) is 22.9 Å². The van der Waals surface area contributed by atoms with Crippen molar-refractivity contribution in [2.75, 3.05) is 6.54 Å². The lowest BCUT2D eigenvalue weighted by molar-refractivity contribution is 0.136. The van der Waals surface area contributed by atoms with Gasteiger partial charge in [0.2, 0.25) is 0 Å². The van der Waals surface area contributed by atoms with Crippen molar-refractivity contribution in [3.63, 3.8) is 0 Å². The first-order chi connectivity index (χ1) is 11.5. The van der Waals surface area contributed by atoms with Crippen molar-refractivity contribution in [2.45, 2.75) is 95.4 Å². The number of nitrogens with one attached hydrogen (secondary N) is 1. The second kappa shape index (κ2) is 11.9. The molecule has 0 aliphatic carbocycles. The van der Waals surface area contributed by atoms with Gasteiger partial charge in [0, 0.05) is 16.2 Å². The largest absolute Gasteiger partial charge is 0.387 e. The Balaban J connectivity index is 2.39. The van der Waals surface area contributed by atoms with E-state index in [4.69, 9.17) is 0 Å². The highest BCUT2D eigenvalue weighted by molar-refractivity contribution is 8.00. The Bertz CT molecular complexity index is 461. The minimum atomic E-state index is -0.443. The minimum Gasteiger partial charge on any atom is -0.387 e. The summed E-state index contributed by atoms with van der Waals surface area (Å²) in [5, 5.41) is 14.7. The number of aliphatic hydroxyl groups is 1. The summed E-state index contributed by atoms with van der Waals surface area (Å²) in [6.07, 6.45) is 7.39. The van der Waals surface area contributed by atoms with Gasteiger partial charge < -0.3 is 10.4 Å². The van der Waals surface area contributed by atoms with Crippen molar-refractivity contribution in [3.05, 3.63) is 29.3 Å². The zero-order valence-corrected chi connectivity index (χ0v) is 17.1. The van der Waals surface area contributed by atoms with Crippen LogP contribution in [0.1, 0.15) is 83.5 Å². The molecule has 1 aromatic rings. The number of rotatable bonds is 12. The molecule has 1 aromatic carbocycles. The van der Waals surface area contributed by atoms with Gasteiger partial charge >= 0.3 is 0 Å². The third kappa shape index (κ3) is 8.04. The lowest BCUT2D eigenvalue weighted by Gasteiger charge is -2.22. The van der Waals surface area contributed by atoms with Gasteiger partial charge in [-0.15, -0.1) is 11.8 Å². The first-order valence-corrected chi connectivity index (χ1v) is 10.5. The fraction of sp³-hybridized carbons (Fsp3) is 0.714. The van der Waals surface area contributed by atoms with Crippen molar-refractivity contribution in [1.82, 2.24) is 5.32 Å². The Morgan fingerprint density at radius 2 is 1.71 bits per heavy atom. The predicted octanol–water partition coefficient (Wildman–Crippen LogP) is 5.87. The van der Waals surface area contributed by atoms with Gasteiger partial charge in [0.25, 0.3) is 0 Å². The molecular weight excluding hydrogens is 314 g/mol. The zero-order valence-electron chi connectivity index (χ0n) is 16.3. The van der Waals surface area contributed by atoms with Crippen molar-refractivity contribution in [3.8, 4) is 0 Å². The molecule has 0 heterocycles. The Hall–Kier alpha value is -0.510. The first kappa shape index (κ1) is 21.5. The lowest BCUT2D eigenvalue weighted by Crippen LogP contribution is -2.32. The third-order valence-electron chi connectivity index (χ3n) is 4.37. The molecule has 0 saturated heterocycles. The van der Waals surface area contributed by atoms with Crippen LogP contribution in [0.25, 0.3) is 0 Å². The molecule has 0 aromatic heterocycles. The normalized spacial score (nSPS) is 14.1. The van der Waals surface area contributed by atoms with E-state index in [2.05, 4.69) is 58.1 Å². The number of benzene rings is 1. The number of hydrogen-bond acceptors (Lipinski definition) is 3. The molecule has 0 radical (unpaired) electrons. The Morgan fingerprint density at radius 3 is 2.33 bits per heavy atom. The van der Waals surface area contributed by atoms with Crippen LogP contribution in [0.2, 0.25) is 0 Å². The van der Waals surface area contributed by atoms with E-state index < -0.39 is 6.10 Å². The first-order valence-electron chi connectivity index (χ1n) is 9.64. The Labute approximate surface area is 153 Å². The fourth-order valence-electron chi connectivity index (χ4n) is 2.88. The molecule has 0 spiro atoms. The molecule has 138 valence electrons. The van der Waals surface area contributed by atoms with Crippen LogP contribution in [0.4, 0.5) is 0 Å². The SMILES string of the molecule is CCCCCCCCNC(C)C(O)c1ccc(SC(C)C)c(C)c1. The van der Waals surface area contributed by atoms with Crippen molar-refractivity contribution in [2.24, 2.45) is 0 Å². The molecule has 0 aliphatic rings. The van der Waals surface area contributed by atoms with E-state index >= 15 is 0 Å². The molecule has 2 N–H and O–H groups in total. The van der Waals surface area contributed by atoms with Crippen molar-refractivity contribution >= 4 is 11.8 Å². The summed E-state index contributed by atoms with van der Waals surface area (Å²) >= 11 is 1.88. The van der Waals surface area contributed by atoms with Gasteiger partial charge in [0.05, 0.1) is 6.10 Å². The van der Waals surface area contributed by atoms with E-state index in [-0.39, 0.29) is 6.04 Å². The second-order valence-electron chi connectivity index (χ2n) is 7.15. The number of hydrogen-bond donors (Lipinski definition) is 2. The van der Waals surface area contributed by atoms with Gasteiger partial charge in [-0.2, -0.15) is 0 Å². The van der Waals surface area contributed by atoms with E-state index in [0.29, 0.717) is 5.25 Å². The van der Waals surface area contributed by atoms with Gasteiger partial charge in [-0.05, 0) is 44.0 Å². The summed E-state index contributed by atoms with van der Waals surface area (Å²) in [6, 6.07) is 6.45. The van der Waals surface area contributed by atoms with Gasteiger partial charge in [-0.1, -0.05) is 65.0 Å². The van der Waals surface area contributed by atoms with Crippen LogP contribution in [0.3, 0.4) is 0 Å². The number of aliphatic hydroxyl groups excluding tert-OH is 1. The zero-order chi connectivity index (χ0) is 17.9. The maximum Gasteiger partial charge on any atom is 0.0940 e. The van der Waals surface area contributed by atoms with Crippen LogP contribution in [0.5, 0.6) is 0 Å². The molecule has 3 heteroatoms. The smallest absolute Gasteiger partial charge is 0.0940 e. The van der Waals surface area contributed by atoms with E-state index in [0.717, 1.165) is 12.1 Å². The van der Waals surface area contributed by atoms with Crippen LogP contribution < -0.4 is 5.32 Å². The highest BCUT2D eigenvalue weighted by Crippen LogP contribution is 2.29. The number of unbranched alkanes of at least 4 members (excludes halogenated alkanes) is 5. The maximum atomic E-state index is 10.6. The average molecular weight is 352 g/mol. The third-order valence-corrected chi connectivity index (χ3v) is 5.56. The second-order valence-corrected chi connectivity index (χ2v) is 8.77. The molecule has 0 bridgehead atoms. The van der Waals surface area contributed by atoms with Crippen LogP contribution in [0, 0.1) is 6.92 Å². The fourth-order valence-corrected chi connectivity index (χ4v) is 3.78. The molecule has 2 atom stereocenters. The van der Waals surface area contributed by atoms with Gasteiger partial charge in [-0.25, -0.2) is 0 Å². The number of thioether (sulfide) groups is 1. The predicted molar refractivity (Wildman–Crippen MR) is 108 cm³/mol. The molecule has 2 unspecified atom stereocenters. The highest BCUT2D eigenvalue weighted by Gasteiger charge is 2.16. The summed E-state index contributed by atoms with van der Waals surface area (Å²) in [4.78, 5) is 1.31. The van der Waals surface area contributed by atoms with E-state index in [1.165, 1.54) is 49.0 Å². The van der Waals surface area contributed by atoms with Gasteiger partial charge in [0.1, 0.15) is 0 Å². The topological polar surface area (TPSA) is 32.3 Å². The quantitative estimate of drug-likeness (QED) is 0.365. The highest BCUT2D eigenvalue weighted by atomic mass is 32.2.